The molecule has 1 heterocycles. The van der Waals surface area contributed by atoms with Crippen LogP contribution in [0.2, 0.25) is 0 Å². The third kappa shape index (κ3) is 8.67. The number of piperidine rings is 1. The van der Waals surface area contributed by atoms with E-state index in [1.54, 1.807) is 11.4 Å². The van der Waals surface area contributed by atoms with Gasteiger partial charge >= 0.3 is 0 Å². The van der Waals surface area contributed by atoms with E-state index in [2.05, 4.69) is 28.8 Å². The highest BCUT2D eigenvalue weighted by atomic mass is 127. The van der Waals surface area contributed by atoms with Crippen molar-refractivity contribution in [2.24, 2.45) is 10.9 Å². The molecule has 0 spiro atoms. The Morgan fingerprint density at radius 2 is 1.97 bits per heavy atom. The van der Waals surface area contributed by atoms with Gasteiger partial charge in [-0.3, -0.25) is 4.99 Å². The summed E-state index contributed by atoms with van der Waals surface area (Å²) in [5.74, 6) is 2.15. The molecule has 1 aromatic rings. The number of hydrogen-bond acceptors (Lipinski definition) is 4. The van der Waals surface area contributed by atoms with Crippen molar-refractivity contribution in [3.05, 3.63) is 29.3 Å². The Labute approximate surface area is 192 Å². The van der Waals surface area contributed by atoms with Crippen LogP contribution in [0.4, 0.5) is 0 Å². The van der Waals surface area contributed by atoms with Gasteiger partial charge in [-0.05, 0) is 56.2 Å². The average molecular weight is 538 g/mol. The van der Waals surface area contributed by atoms with Gasteiger partial charge in [-0.1, -0.05) is 12.1 Å². The summed E-state index contributed by atoms with van der Waals surface area (Å²) in [5, 5.41) is 6.67. The summed E-state index contributed by atoms with van der Waals surface area (Å²) in [6.07, 6.45) is 3.88. The van der Waals surface area contributed by atoms with E-state index in [9.17, 15) is 8.42 Å². The molecule has 0 aromatic heterocycles. The van der Waals surface area contributed by atoms with Crippen molar-refractivity contribution in [2.75, 3.05) is 46.1 Å². The number of aryl methyl sites for hydroxylation is 1. The molecule has 0 saturated carbocycles. The summed E-state index contributed by atoms with van der Waals surface area (Å²) in [7, 11) is -1.38. The van der Waals surface area contributed by atoms with Crippen molar-refractivity contribution in [3.63, 3.8) is 0 Å². The molecule has 2 N–H and O–H groups in total. The molecule has 0 radical (unpaired) electrons. The van der Waals surface area contributed by atoms with E-state index in [0.717, 1.165) is 49.6 Å². The number of methoxy groups -OCH3 is 1. The fourth-order valence-corrected chi connectivity index (χ4v) is 4.20. The Bertz CT molecular complexity index is 763. The maximum Gasteiger partial charge on any atom is 0.211 e. The standard InChI is InChI=1S/C20H34N4O3S.HI/c1-5-21-20(22-11-8-17-7-6-16(2)19(14-17)27-3)23-15-18-9-12-24(13-10-18)28(4,25)26;/h6-7,14,18H,5,8-13,15H2,1-4H3,(H2,21,22,23);1H. The second-order valence-corrected chi connectivity index (χ2v) is 9.29. The highest BCUT2D eigenvalue weighted by Gasteiger charge is 2.24. The van der Waals surface area contributed by atoms with Gasteiger partial charge in [-0.25, -0.2) is 12.7 Å². The highest BCUT2D eigenvalue weighted by Crippen LogP contribution is 2.20. The Kier molecular flexibility index (Phi) is 11.3. The molecule has 9 heteroatoms. The summed E-state index contributed by atoms with van der Waals surface area (Å²) >= 11 is 0. The molecule has 0 atom stereocenters. The second kappa shape index (κ2) is 12.6. The van der Waals surface area contributed by atoms with Crippen LogP contribution in [0.3, 0.4) is 0 Å². The minimum absolute atomic E-state index is 0. The monoisotopic (exact) mass is 538 g/mol. The maximum atomic E-state index is 11.6. The van der Waals surface area contributed by atoms with Gasteiger partial charge in [0.15, 0.2) is 5.96 Å². The molecular weight excluding hydrogens is 503 g/mol. The Morgan fingerprint density at radius 1 is 1.28 bits per heavy atom. The number of hydrogen-bond donors (Lipinski definition) is 2. The third-order valence-corrected chi connectivity index (χ3v) is 6.38. The molecule has 0 unspecified atom stereocenters. The van der Waals surface area contributed by atoms with Crippen molar-refractivity contribution in [1.29, 1.82) is 0 Å². The van der Waals surface area contributed by atoms with Crippen LogP contribution in [0.5, 0.6) is 5.75 Å². The van der Waals surface area contributed by atoms with Crippen LogP contribution in [0.25, 0.3) is 0 Å². The van der Waals surface area contributed by atoms with Gasteiger partial charge in [-0.2, -0.15) is 0 Å². The summed E-state index contributed by atoms with van der Waals surface area (Å²) in [5.41, 5.74) is 2.36. The number of benzene rings is 1. The first-order valence-corrected chi connectivity index (χ1v) is 11.8. The fourth-order valence-electron chi connectivity index (χ4n) is 3.33. The topological polar surface area (TPSA) is 83.0 Å². The van der Waals surface area contributed by atoms with Gasteiger partial charge in [0.1, 0.15) is 5.75 Å². The lowest BCUT2D eigenvalue weighted by Crippen LogP contribution is -2.40. The van der Waals surface area contributed by atoms with Crippen LogP contribution in [-0.4, -0.2) is 64.8 Å². The number of guanidine groups is 1. The van der Waals surface area contributed by atoms with Crippen molar-refractivity contribution < 1.29 is 13.2 Å². The summed E-state index contributed by atoms with van der Waals surface area (Å²) < 4.78 is 30.2. The molecule has 7 nitrogen and oxygen atoms in total. The van der Waals surface area contributed by atoms with Gasteiger partial charge in [0.25, 0.3) is 0 Å². The first kappa shape index (κ1) is 26.0. The van der Waals surface area contributed by atoms with Gasteiger partial charge < -0.3 is 15.4 Å². The Morgan fingerprint density at radius 3 is 2.55 bits per heavy atom. The van der Waals surface area contributed by atoms with Gasteiger partial charge in [0.2, 0.25) is 10.0 Å². The van der Waals surface area contributed by atoms with E-state index >= 15 is 0 Å². The first-order chi connectivity index (χ1) is 13.3. The van der Waals surface area contributed by atoms with Crippen LogP contribution in [0.1, 0.15) is 30.9 Å². The minimum Gasteiger partial charge on any atom is -0.496 e. The maximum absolute atomic E-state index is 11.6. The molecule has 1 aromatic carbocycles. The molecular formula is C20H35IN4O3S. The van der Waals surface area contributed by atoms with E-state index in [1.807, 2.05) is 13.8 Å². The third-order valence-electron chi connectivity index (χ3n) is 5.07. The number of rotatable bonds is 8. The lowest BCUT2D eigenvalue weighted by molar-refractivity contribution is 0.280. The van der Waals surface area contributed by atoms with Crippen molar-refractivity contribution >= 4 is 40.0 Å². The van der Waals surface area contributed by atoms with Crippen molar-refractivity contribution in [2.45, 2.75) is 33.1 Å². The average Bonchev–Trinajstić information content (AvgIpc) is 2.67. The SMILES string of the molecule is CCNC(=NCC1CCN(S(C)(=O)=O)CC1)NCCc1ccc(C)c(OC)c1.I. The molecule has 2 rings (SSSR count). The smallest absolute Gasteiger partial charge is 0.211 e. The molecule has 1 aliphatic rings. The lowest BCUT2D eigenvalue weighted by atomic mass is 9.98. The van der Waals surface area contributed by atoms with Gasteiger partial charge in [-0.15, -0.1) is 24.0 Å². The molecule has 29 heavy (non-hydrogen) atoms. The van der Waals surface area contributed by atoms with Gasteiger partial charge in [0.05, 0.1) is 13.4 Å². The van der Waals surface area contributed by atoms with Crippen LogP contribution in [0.15, 0.2) is 23.2 Å². The van der Waals surface area contributed by atoms with E-state index in [4.69, 9.17) is 9.73 Å². The van der Waals surface area contributed by atoms with Crippen LogP contribution in [0, 0.1) is 12.8 Å². The largest absolute Gasteiger partial charge is 0.496 e. The first-order valence-electron chi connectivity index (χ1n) is 9.94. The zero-order chi connectivity index (χ0) is 20.6. The molecule has 166 valence electrons. The normalized spacial score (nSPS) is 16.2. The molecule has 0 aliphatic carbocycles. The van der Waals surface area contributed by atoms with Crippen LogP contribution in [-0.2, 0) is 16.4 Å². The fraction of sp³-hybridized carbons (Fsp3) is 0.650. The zero-order valence-electron chi connectivity index (χ0n) is 17.9. The minimum atomic E-state index is -3.07. The molecule has 1 saturated heterocycles. The number of nitrogens with one attached hydrogen (secondary N) is 2. The quantitative estimate of drug-likeness (QED) is 0.302. The Hall–Kier alpha value is -1.07. The van der Waals surface area contributed by atoms with Crippen LogP contribution >= 0.6 is 24.0 Å². The van der Waals surface area contributed by atoms with Crippen LogP contribution < -0.4 is 15.4 Å². The Balaban J connectivity index is 0.00000420. The summed E-state index contributed by atoms with van der Waals surface area (Å²) in [6.45, 7) is 7.58. The number of sulfonamides is 1. The number of nitrogens with zero attached hydrogens (tertiary/aromatic N) is 2. The van der Waals surface area contributed by atoms with Gasteiger partial charge in [0, 0.05) is 32.7 Å². The van der Waals surface area contributed by atoms with E-state index in [0.29, 0.717) is 25.6 Å². The number of ether oxygens (including phenoxy) is 1. The summed E-state index contributed by atoms with van der Waals surface area (Å²) in [6, 6.07) is 6.28. The summed E-state index contributed by atoms with van der Waals surface area (Å²) in [4.78, 5) is 4.71. The van der Waals surface area contributed by atoms with E-state index in [1.165, 1.54) is 11.8 Å². The molecule has 1 aliphatic heterocycles. The van der Waals surface area contributed by atoms with Crippen molar-refractivity contribution in [1.82, 2.24) is 14.9 Å². The van der Waals surface area contributed by atoms with E-state index < -0.39 is 10.0 Å². The predicted octanol–water partition coefficient (Wildman–Crippen LogP) is 2.39. The van der Waals surface area contributed by atoms with Crippen molar-refractivity contribution in [3.8, 4) is 5.75 Å². The number of aliphatic imine (C=N–C) groups is 1. The van der Waals surface area contributed by atoms with E-state index in [-0.39, 0.29) is 24.0 Å². The predicted molar refractivity (Wildman–Crippen MR) is 130 cm³/mol. The highest BCUT2D eigenvalue weighted by molar-refractivity contribution is 14.0. The zero-order valence-corrected chi connectivity index (χ0v) is 21.0. The molecule has 1 fully saturated rings. The molecule has 0 bridgehead atoms. The second-order valence-electron chi connectivity index (χ2n) is 7.31. The lowest BCUT2D eigenvalue weighted by Gasteiger charge is -2.29. The molecule has 0 amide bonds. The number of halogens is 1.